The molecule has 2 N–H and O–H groups in total. The second-order valence-corrected chi connectivity index (χ2v) is 2.99. The van der Waals surface area contributed by atoms with Gasteiger partial charge in [0.05, 0.1) is 5.69 Å². The fourth-order valence-electron chi connectivity index (χ4n) is 1.40. The maximum Gasteiger partial charge on any atom is 0.147 e. The van der Waals surface area contributed by atoms with Crippen LogP contribution in [0.5, 0.6) is 0 Å². The van der Waals surface area contributed by atoms with E-state index in [2.05, 4.69) is 16.9 Å². The average molecular weight is 174 g/mol. The van der Waals surface area contributed by atoms with Crippen molar-refractivity contribution in [3.05, 3.63) is 35.5 Å². The molecule has 0 aromatic heterocycles. The highest BCUT2D eigenvalue weighted by Crippen LogP contribution is 2.19. The van der Waals surface area contributed by atoms with E-state index >= 15 is 0 Å². The molecule has 1 aromatic carbocycles. The molecule has 1 heterocycles. The lowest BCUT2D eigenvalue weighted by molar-refractivity contribution is 0.564. The largest absolute Gasteiger partial charge is 0.300 e. The van der Waals surface area contributed by atoms with E-state index in [-0.39, 0.29) is 0 Å². The summed E-state index contributed by atoms with van der Waals surface area (Å²) >= 11 is 0. The quantitative estimate of drug-likeness (QED) is 0.582. The summed E-state index contributed by atoms with van der Waals surface area (Å²) in [5, 5.41) is 0. The summed E-state index contributed by atoms with van der Waals surface area (Å²) in [6.07, 6.45) is 1.59. The van der Waals surface area contributed by atoms with Gasteiger partial charge in [-0.2, -0.15) is 0 Å². The number of benzene rings is 1. The van der Waals surface area contributed by atoms with Gasteiger partial charge in [-0.25, -0.2) is 4.79 Å². The Morgan fingerprint density at radius 1 is 1.15 bits per heavy atom. The summed E-state index contributed by atoms with van der Waals surface area (Å²) in [6.45, 7) is 0. The summed E-state index contributed by atoms with van der Waals surface area (Å²) in [7, 11) is 0. The van der Waals surface area contributed by atoms with Gasteiger partial charge in [0.2, 0.25) is 0 Å². The smallest absolute Gasteiger partial charge is 0.147 e. The van der Waals surface area contributed by atoms with Crippen LogP contribution in [0.25, 0.3) is 0 Å². The number of aryl methyl sites for hydroxylation is 1. The van der Waals surface area contributed by atoms with Crippen molar-refractivity contribution in [3.8, 4) is 0 Å². The number of fused-ring (bicyclic) bond motifs is 1. The van der Waals surface area contributed by atoms with E-state index in [4.69, 9.17) is 0 Å². The lowest BCUT2D eigenvalue weighted by atomic mass is 10.1. The molecule has 0 amide bonds. The minimum absolute atomic E-state index is 0.580. The molecule has 1 aliphatic heterocycles. The second-order valence-electron chi connectivity index (χ2n) is 2.99. The Labute approximate surface area is 76.4 Å². The lowest BCUT2D eigenvalue weighted by Gasteiger charge is -2.06. The molecular formula is C10H10N2O. The fraction of sp³-hybridized carbons (Fsp3) is 0.200. The average Bonchev–Trinajstić information content (AvgIpc) is 2.39. The van der Waals surface area contributed by atoms with Gasteiger partial charge in [0.1, 0.15) is 11.6 Å². The fourth-order valence-corrected chi connectivity index (χ4v) is 1.40. The first-order chi connectivity index (χ1) is 6.40. The Hall–Kier alpha value is -1.73. The van der Waals surface area contributed by atoms with Crippen LogP contribution in [-0.4, -0.2) is 5.94 Å². The van der Waals surface area contributed by atoms with E-state index in [1.165, 1.54) is 5.56 Å². The van der Waals surface area contributed by atoms with Crippen molar-refractivity contribution >= 4 is 11.6 Å². The third-order valence-electron chi connectivity index (χ3n) is 2.13. The number of rotatable bonds is 0. The number of nitrogens with one attached hydrogen (secondary N) is 2. The first-order valence-electron chi connectivity index (χ1n) is 4.24. The first kappa shape index (κ1) is 7.90. The molecule has 2 rings (SSSR count). The SMILES string of the molecule is O=C=C1CCc2ccccc2NN1. The Balaban J connectivity index is 2.31. The highest BCUT2D eigenvalue weighted by molar-refractivity contribution is 5.57. The summed E-state index contributed by atoms with van der Waals surface area (Å²) < 4.78 is 0. The molecule has 1 aliphatic rings. The van der Waals surface area contributed by atoms with Crippen LogP contribution in [0, 0.1) is 0 Å². The number of hydrogen-bond donors (Lipinski definition) is 2. The highest BCUT2D eigenvalue weighted by Gasteiger charge is 2.08. The maximum atomic E-state index is 10.4. The van der Waals surface area contributed by atoms with Crippen LogP contribution >= 0.6 is 0 Å². The van der Waals surface area contributed by atoms with Crippen LogP contribution in [0.15, 0.2) is 30.0 Å². The van der Waals surface area contributed by atoms with E-state index in [0.717, 1.165) is 12.1 Å². The van der Waals surface area contributed by atoms with Crippen molar-refractivity contribution < 1.29 is 4.79 Å². The molecule has 0 saturated heterocycles. The van der Waals surface area contributed by atoms with Crippen LogP contribution in [0.4, 0.5) is 5.69 Å². The van der Waals surface area contributed by atoms with E-state index in [1.807, 2.05) is 24.1 Å². The van der Waals surface area contributed by atoms with E-state index in [1.54, 1.807) is 0 Å². The van der Waals surface area contributed by atoms with Gasteiger partial charge < -0.3 is 5.43 Å². The predicted molar refractivity (Wildman–Crippen MR) is 50.7 cm³/mol. The number of hydrogen-bond acceptors (Lipinski definition) is 3. The summed E-state index contributed by atoms with van der Waals surface area (Å²) in [6, 6.07) is 7.99. The minimum Gasteiger partial charge on any atom is -0.300 e. The van der Waals surface area contributed by atoms with Gasteiger partial charge in [0.25, 0.3) is 0 Å². The van der Waals surface area contributed by atoms with Crippen molar-refractivity contribution in [2.24, 2.45) is 0 Å². The number of hydrazine groups is 1. The van der Waals surface area contributed by atoms with Crippen molar-refractivity contribution in [2.45, 2.75) is 12.8 Å². The Morgan fingerprint density at radius 3 is 2.85 bits per heavy atom. The molecule has 3 nitrogen and oxygen atoms in total. The van der Waals surface area contributed by atoms with Gasteiger partial charge in [-0.3, -0.25) is 5.43 Å². The van der Waals surface area contributed by atoms with Crippen molar-refractivity contribution in [1.82, 2.24) is 5.43 Å². The highest BCUT2D eigenvalue weighted by atomic mass is 16.1. The molecule has 0 radical (unpaired) electrons. The molecular weight excluding hydrogens is 164 g/mol. The van der Waals surface area contributed by atoms with Crippen LogP contribution in [0.1, 0.15) is 12.0 Å². The standard InChI is InChI=1S/C10H10N2O/c13-7-9-6-5-8-3-1-2-4-10(8)12-11-9/h1-4,11-12H,5-6H2. The Kier molecular flexibility index (Phi) is 2.02. The number of anilines is 1. The zero-order valence-electron chi connectivity index (χ0n) is 7.13. The molecule has 0 saturated carbocycles. The molecule has 66 valence electrons. The van der Waals surface area contributed by atoms with Crippen LogP contribution < -0.4 is 10.9 Å². The Morgan fingerprint density at radius 2 is 2.00 bits per heavy atom. The normalized spacial score (nSPS) is 14.6. The molecule has 0 fully saturated rings. The van der Waals surface area contributed by atoms with Gasteiger partial charge >= 0.3 is 0 Å². The van der Waals surface area contributed by atoms with Gasteiger partial charge in [-0.05, 0) is 18.1 Å². The van der Waals surface area contributed by atoms with Gasteiger partial charge in [0.15, 0.2) is 0 Å². The molecule has 3 heteroatoms. The van der Waals surface area contributed by atoms with E-state index in [0.29, 0.717) is 12.1 Å². The predicted octanol–water partition coefficient (Wildman–Crippen LogP) is 1.26. The summed E-state index contributed by atoms with van der Waals surface area (Å²) in [4.78, 5) is 10.4. The molecule has 0 bridgehead atoms. The van der Waals surface area contributed by atoms with Crippen LogP contribution in [0.3, 0.4) is 0 Å². The van der Waals surface area contributed by atoms with Crippen LogP contribution in [0.2, 0.25) is 0 Å². The summed E-state index contributed by atoms with van der Waals surface area (Å²) in [5.41, 5.74) is 8.64. The maximum absolute atomic E-state index is 10.4. The molecule has 0 spiro atoms. The third-order valence-corrected chi connectivity index (χ3v) is 2.13. The Bertz CT molecular complexity index is 338. The molecule has 0 aliphatic carbocycles. The zero-order valence-corrected chi connectivity index (χ0v) is 7.13. The molecule has 1 aromatic rings. The number of para-hydroxylation sites is 1. The third kappa shape index (κ3) is 1.55. The molecule has 0 unspecified atom stereocenters. The molecule has 13 heavy (non-hydrogen) atoms. The van der Waals surface area contributed by atoms with Crippen molar-refractivity contribution in [1.29, 1.82) is 0 Å². The number of allylic oxidation sites excluding steroid dienone is 1. The monoisotopic (exact) mass is 174 g/mol. The van der Waals surface area contributed by atoms with E-state index in [9.17, 15) is 4.79 Å². The van der Waals surface area contributed by atoms with Crippen molar-refractivity contribution in [2.75, 3.05) is 5.43 Å². The molecule has 0 atom stereocenters. The van der Waals surface area contributed by atoms with Crippen LogP contribution in [-0.2, 0) is 11.2 Å². The number of carbonyl (C=O) groups excluding carboxylic acids is 1. The van der Waals surface area contributed by atoms with E-state index < -0.39 is 0 Å². The van der Waals surface area contributed by atoms with Gasteiger partial charge in [-0.1, -0.05) is 18.2 Å². The minimum atomic E-state index is 0.580. The lowest BCUT2D eigenvalue weighted by Crippen LogP contribution is -2.19. The first-order valence-corrected chi connectivity index (χ1v) is 4.24. The second kappa shape index (κ2) is 3.33. The topological polar surface area (TPSA) is 41.1 Å². The van der Waals surface area contributed by atoms with Gasteiger partial charge in [-0.15, -0.1) is 0 Å². The van der Waals surface area contributed by atoms with Crippen molar-refractivity contribution in [3.63, 3.8) is 0 Å². The summed E-state index contributed by atoms with van der Waals surface area (Å²) in [5.74, 6) is 1.87. The zero-order chi connectivity index (χ0) is 9.10. The van der Waals surface area contributed by atoms with Gasteiger partial charge in [0, 0.05) is 6.42 Å².